The first-order valence-corrected chi connectivity index (χ1v) is 10.8. The predicted octanol–water partition coefficient (Wildman–Crippen LogP) is 5.07. The minimum Gasteiger partial charge on any atom is -0.398 e. The second kappa shape index (κ2) is 7.61. The zero-order valence-electron chi connectivity index (χ0n) is 18.3. The molecule has 1 aliphatic carbocycles. The van der Waals surface area contributed by atoms with Crippen molar-refractivity contribution in [3.63, 3.8) is 0 Å². The van der Waals surface area contributed by atoms with E-state index in [9.17, 15) is 8.78 Å². The molecular formula is C25H32F2N2O. The fourth-order valence-electron chi connectivity index (χ4n) is 5.58. The molecule has 3 unspecified atom stereocenters. The van der Waals surface area contributed by atoms with Crippen LogP contribution >= 0.6 is 0 Å². The van der Waals surface area contributed by atoms with Crippen molar-refractivity contribution < 1.29 is 13.5 Å². The molecule has 2 aliphatic rings. The number of hydrogen-bond donors (Lipinski definition) is 1. The van der Waals surface area contributed by atoms with Crippen molar-refractivity contribution in [2.75, 3.05) is 18.8 Å². The molecule has 2 aromatic carbocycles. The standard InChI is InChI=1S/C25H32F2N2O/c1-16(30-15-18-20(26)8-6-9-21(18)27)14-29-12-11-25(4)19-7-5-10-22(28)17(19)13-23(29)24(25,2)3/h5-10,16,23H,11-15,28H2,1-4H3. The van der Waals surface area contributed by atoms with Gasteiger partial charge in [-0.15, -0.1) is 0 Å². The minimum atomic E-state index is -0.559. The molecule has 3 atom stereocenters. The first kappa shape index (κ1) is 21.3. The molecule has 0 amide bonds. The first-order valence-electron chi connectivity index (χ1n) is 10.8. The Morgan fingerprint density at radius 1 is 1.13 bits per heavy atom. The Morgan fingerprint density at radius 2 is 1.80 bits per heavy atom. The van der Waals surface area contributed by atoms with Crippen molar-refractivity contribution in [2.24, 2.45) is 5.41 Å². The number of hydrogen-bond acceptors (Lipinski definition) is 3. The number of halogens is 2. The molecule has 2 N–H and O–H groups in total. The Hall–Kier alpha value is -1.98. The van der Waals surface area contributed by atoms with Crippen LogP contribution in [0.1, 0.15) is 50.8 Å². The topological polar surface area (TPSA) is 38.5 Å². The lowest BCUT2D eigenvalue weighted by Gasteiger charge is -2.61. The summed E-state index contributed by atoms with van der Waals surface area (Å²) >= 11 is 0. The summed E-state index contributed by atoms with van der Waals surface area (Å²) in [6.45, 7) is 10.7. The monoisotopic (exact) mass is 414 g/mol. The van der Waals surface area contributed by atoms with Gasteiger partial charge in [-0.2, -0.15) is 0 Å². The van der Waals surface area contributed by atoms with Gasteiger partial charge in [-0.3, -0.25) is 4.90 Å². The summed E-state index contributed by atoms with van der Waals surface area (Å²) in [5.74, 6) is -1.12. The van der Waals surface area contributed by atoms with Crippen LogP contribution in [0.5, 0.6) is 0 Å². The average molecular weight is 415 g/mol. The van der Waals surface area contributed by atoms with Gasteiger partial charge in [-0.25, -0.2) is 8.78 Å². The highest BCUT2D eigenvalue weighted by Gasteiger charge is 2.56. The van der Waals surface area contributed by atoms with Gasteiger partial charge in [0.1, 0.15) is 11.6 Å². The molecule has 0 aromatic heterocycles. The molecule has 1 aliphatic heterocycles. The fourth-order valence-corrected chi connectivity index (χ4v) is 5.58. The third-order valence-corrected chi connectivity index (χ3v) is 7.86. The Balaban J connectivity index is 1.51. The number of fused-ring (bicyclic) bond motifs is 4. The largest absolute Gasteiger partial charge is 0.398 e. The molecule has 0 spiro atoms. The molecule has 3 nitrogen and oxygen atoms in total. The van der Waals surface area contributed by atoms with Gasteiger partial charge < -0.3 is 10.5 Å². The average Bonchev–Trinajstić information content (AvgIpc) is 2.67. The summed E-state index contributed by atoms with van der Waals surface area (Å²) in [4.78, 5) is 2.49. The summed E-state index contributed by atoms with van der Waals surface area (Å²) in [6, 6.07) is 10.6. The normalized spacial score (nSPS) is 26.3. The van der Waals surface area contributed by atoms with Crippen LogP contribution < -0.4 is 5.73 Å². The summed E-state index contributed by atoms with van der Waals surface area (Å²) in [6.07, 6.45) is 1.82. The van der Waals surface area contributed by atoms with Crippen LogP contribution in [0.3, 0.4) is 0 Å². The summed E-state index contributed by atoms with van der Waals surface area (Å²) in [5.41, 5.74) is 10.0. The van der Waals surface area contributed by atoms with Crippen molar-refractivity contribution in [3.05, 3.63) is 64.7 Å². The lowest BCUT2D eigenvalue weighted by Crippen LogP contribution is -2.64. The third kappa shape index (κ3) is 3.32. The molecule has 1 saturated heterocycles. The first-order chi connectivity index (χ1) is 14.1. The van der Waals surface area contributed by atoms with Gasteiger partial charge >= 0.3 is 0 Å². The highest BCUT2D eigenvalue weighted by atomic mass is 19.1. The molecule has 0 radical (unpaired) electrons. The number of benzene rings is 2. The number of piperidine rings is 1. The van der Waals surface area contributed by atoms with Gasteiger partial charge in [0.15, 0.2) is 0 Å². The number of nitrogens with zero attached hydrogens (tertiary/aromatic N) is 1. The Labute approximate surface area is 178 Å². The van der Waals surface area contributed by atoms with E-state index in [2.05, 4.69) is 37.8 Å². The number of nitrogens with two attached hydrogens (primary N) is 1. The van der Waals surface area contributed by atoms with Crippen LogP contribution in [0.4, 0.5) is 14.5 Å². The van der Waals surface area contributed by atoms with E-state index < -0.39 is 11.6 Å². The van der Waals surface area contributed by atoms with Crippen LogP contribution in [-0.2, 0) is 23.2 Å². The predicted molar refractivity (Wildman–Crippen MR) is 116 cm³/mol. The van der Waals surface area contributed by atoms with Crippen LogP contribution in [0.25, 0.3) is 0 Å². The van der Waals surface area contributed by atoms with E-state index in [1.54, 1.807) is 0 Å². The van der Waals surface area contributed by atoms with E-state index in [4.69, 9.17) is 10.5 Å². The number of nitrogen functional groups attached to an aromatic ring is 1. The van der Waals surface area contributed by atoms with Crippen LogP contribution in [0.15, 0.2) is 36.4 Å². The van der Waals surface area contributed by atoms with Gasteiger partial charge in [0.05, 0.1) is 12.7 Å². The van der Waals surface area contributed by atoms with E-state index in [0.717, 1.165) is 31.6 Å². The number of anilines is 1. The van der Waals surface area contributed by atoms with E-state index in [1.807, 2.05) is 13.0 Å². The molecule has 2 bridgehead atoms. The lowest BCUT2D eigenvalue weighted by atomic mass is 9.51. The quantitative estimate of drug-likeness (QED) is 0.695. The smallest absolute Gasteiger partial charge is 0.131 e. The number of rotatable bonds is 5. The Morgan fingerprint density at radius 3 is 2.50 bits per heavy atom. The molecule has 30 heavy (non-hydrogen) atoms. The molecule has 4 rings (SSSR count). The third-order valence-electron chi connectivity index (χ3n) is 7.86. The molecule has 2 aromatic rings. The highest BCUT2D eigenvalue weighted by molar-refractivity contribution is 5.56. The maximum absolute atomic E-state index is 13.9. The minimum absolute atomic E-state index is 0.00438. The van der Waals surface area contributed by atoms with Crippen LogP contribution in [-0.4, -0.2) is 30.1 Å². The van der Waals surface area contributed by atoms with Crippen molar-refractivity contribution in [3.8, 4) is 0 Å². The van der Waals surface area contributed by atoms with Gasteiger partial charge in [-0.1, -0.05) is 39.0 Å². The molecule has 5 heteroatoms. The van der Waals surface area contributed by atoms with Crippen molar-refractivity contribution >= 4 is 5.69 Å². The second-order valence-corrected chi connectivity index (χ2v) is 9.71. The fraction of sp³-hybridized carbons (Fsp3) is 0.520. The Kier molecular flexibility index (Phi) is 5.39. The van der Waals surface area contributed by atoms with Crippen molar-refractivity contribution in [1.82, 2.24) is 4.90 Å². The van der Waals surface area contributed by atoms with Gasteiger partial charge in [0.25, 0.3) is 0 Å². The molecule has 1 heterocycles. The highest BCUT2D eigenvalue weighted by Crippen LogP contribution is 2.56. The summed E-state index contributed by atoms with van der Waals surface area (Å²) < 4.78 is 33.7. The van der Waals surface area contributed by atoms with E-state index in [0.29, 0.717) is 6.04 Å². The van der Waals surface area contributed by atoms with E-state index in [1.165, 1.54) is 29.3 Å². The summed E-state index contributed by atoms with van der Waals surface area (Å²) in [7, 11) is 0. The van der Waals surface area contributed by atoms with E-state index in [-0.39, 0.29) is 29.1 Å². The zero-order valence-corrected chi connectivity index (χ0v) is 18.3. The Bertz CT molecular complexity index is 924. The van der Waals surface area contributed by atoms with Crippen LogP contribution in [0.2, 0.25) is 0 Å². The van der Waals surface area contributed by atoms with E-state index >= 15 is 0 Å². The molecule has 0 saturated carbocycles. The number of ether oxygens (including phenoxy) is 1. The van der Waals surface area contributed by atoms with Crippen molar-refractivity contribution in [1.29, 1.82) is 0 Å². The summed E-state index contributed by atoms with van der Waals surface area (Å²) in [5, 5.41) is 0. The second-order valence-electron chi connectivity index (χ2n) is 9.71. The zero-order chi connectivity index (χ0) is 21.7. The number of likely N-dealkylation sites (tertiary alicyclic amines) is 1. The maximum Gasteiger partial charge on any atom is 0.131 e. The molecular weight excluding hydrogens is 382 g/mol. The molecule has 162 valence electrons. The lowest BCUT2D eigenvalue weighted by molar-refractivity contribution is -0.0651. The van der Waals surface area contributed by atoms with Crippen molar-refractivity contribution in [2.45, 2.75) is 64.7 Å². The SMILES string of the molecule is CC(CN1CCC2(C)c3cccc(N)c3CC1C2(C)C)OCc1c(F)cccc1F. The van der Waals surface area contributed by atoms with Gasteiger partial charge in [-0.05, 0) is 61.1 Å². The maximum atomic E-state index is 13.9. The van der Waals surface area contributed by atoms with Gasteiger partial charge in [0.2, 0.25) is 0 Å². The molecule has 1 fully saturated rings. The van der Waals surface area contributed by atoms with Crippen LogP contribution in [0, 0.1) is 17.0 Å². The van der Waals surface area contributed by atoms with Gasteiger partial charge in [0, 0.05) is 29.3 Å².